The number of hydrazone groups is 1. The van der Waals surface area contributed by atoms with Gasteiger partial charge < -0.3 is 4.74 Å². The molecule has 0 amide bonds. The summed E-state index contributed by atoms with van der Waals surface area (Å²) in [5.41, 5.74) is 5.26. The van der Waals surface area contributed by atoms with Gasteiger partial charge in [0.2, 0.25) is 0 Å². The van der Waals surface area contributed by atoms with E-state index in [2.05, 4.69) is 15.3 Å². The Bertz CT molecular complexity index is 562. The smallest absolute Gasteiger partial charge is 0.337 e. The number of hydrogen-bond acceptors (Lipinski definition) is 4. The van der Waals surface area contributed by atoms with Crippen LogP contribution in [-0.4, -0.2) is 19.3 Å². The minimum atomic E-state index is -0.342. The molecule has 1 N–H and O–H groups in total. The molecule has 0 aliphatic carbocycles. The molecule has 0 spiro atoms. The maximum atomic E-state index is 11.3. The minimum absolute atomic E-state index is 0.342. The zero-order chi connectivity index (χ0) is 13.5. The average Bonchev–Trinajstić information content (AvgIpc) is 2.48. The van der Waals surface area contributed by atoms with Gasteiger partial charge in [0.05, 0.1) is 24.6 Å². The predicted octanol–water partition coefficient (Wildman–Crippen LogP) is 2.92. The van der Waals surface area contributed by atoms with Crippen molar-refractivity contribution in [3.8, 4) is 0 Å². The fraction of sp³-hybridized carbons (Fsp3) is 0.0667. The highest BCUT2D eigenvalue weighted by Gasteiger charge is 2.03. The molecule has 0 fully saturated rings. The molecule has 2 aromatic carbocycles. The van der Waals surface area contributed by atoms with Gasteiger partial charge in [-0.05, 0) is 29.8 Å². The van der Waals surface area contributed by atoms with Crippen LogP contribution in [0, 0.1) is 0 Å². The maximum absolute atomic E-state index is 11.3. The molecule has 2 rings (SSSR count). The van der Waals surface area contributed by atoms with Crippen molar-refractivity contribution in [2.45, 2.75) is 0 Å². The van der Waals surface area contributed by atoms with E-state index in [1.165, 1.54) is 7.11 Å². The summed E-state index contributed by atoms with van der Waals surface area (Å²) in [6.07, 6.45) is 1.69. The summed E-state index contributed by atoms with van der Waals surface area (Å²) in [4.78, 5) is 11.3. The summed E-state index contributed by atoms with van der Waals surface area (Å²) in [5.74, 6) is -0.342. The van der Waals surface area contributed by atoms with Gasteiger partial charge in [-0.1, -0.05) is 30.3 Å². The number of carbonyl (C=O) groups excluding carboxylic acids is 1. The first-order valence-corrected chi connectivity index (χ1v) is 5.82. The second-order valence-electron chi connectivity index (χ2n) is 3.85. The molecule has 0 saturated heterocycles. The van der Waals surface area contributed by atoms with Crippen LogP contribution in [0.2, 0.25) is 0 Å². The first kappa shape index (κ1) is 12.8. The minimum Gasteiger partial charge on any atom is -0.465 e. The SMILES string of the molecule is COC(=O)c1ccc(/C=N/Nc2ccccc2)cc1. The highest BCUT2D eigenvalue weighted by atomic mass is 16.5. The Morgan fingerprint density at radius 2 is 1.79 bits per heavy atom. The molecule has 4 nitrogen and oxygen atoms in total. The van der Waals surface area contributed by atoms with E-state index in [0.29, 0.717) is 5.56 Å². The molecule has 0 radical (unpaired) electrons. The van der Waals surface area contributed by atoms with Gasteiger partial charge in [-0.25, -0.2) is 4.79 Å². The number of methoxy groups -OCH3 is 1. The van der Waals surface area contributed by atoms with Crippen LogP contribution in [0.15, 0.2) is 59.7 Å². The van der Waals surface area contributed by atoms with E-state index < -0.39 is 0 Å². The Hall–Kier alpha value is -2.62. The van der Waals surface area contributed by atoms with Gasteiger partial charge in [-0.15, -0.1) is 0 Å². The molecular formula is C15H14N2O2. The molecule has 0 unspecified atom stereocenters. The molecule has 2 aromatic rings. The fourth-order valence-corrected chi connectivity index (χ4v) is 1.52. The number of esters is 1. The summed E-state index contributed by atoms with van der Waals surface area (Å²) in [7, 11) is 1.36. The number of benzene rings is 2. The third kappa shape index (κ3) is 3.67. The summed E-state index contributed by atoms with van der Waals surface area (Å²) in [6.45, 7) is 0. The topological polar surface area (TPSA) is 50.7 Å². The zero-order valence-corrected chi connectivity index (χ0v) is 10.5. The first-order valence-electron chi connectivity index (χ1n) is 5.82. The monoisotopic (exact) mass is 254 g/mol. The summed E-state index contributed by atoms with van der Waals surface area (Å²) < 4.78 is 4.63. The van der Waals surface area contributed by atoms with Crippen LogP contribution in [-0.2, 0) is 4.74 Å². The molecule has 0 aromatic heterocycles. The van der Waals surface area contributed by atoms with Gasteiger partial charge in [-0.2, -0.15) is 5.10 Å². The van der Waals surface area contributed by atoms with Crippen molar-refractivity contribution in [3.63, 3.8) is 0 Å². The van der Waals surface area contributed by atoms with Gasteiger partial charge in [0.1, 0.15) is 0 Å². The molecule has 0 aliphatic rings. The Kier molecular flexibility index (Phi) is 4.29. The number of nitrogens with zero attached hydrogens (tertiary/aromatic N) is 1. The van der Waals surface area contributed by atoms with Crippen LogP contribution >= 0.6 is 0 Å². The van der Waals surface area contributed by atoms with E-state index in [1.807, 2.05) is 42.5 Å². The lowest BCUT2D eigenvalue weighted by molar-refractivity contribution is 0.0601. The number of hydrogen-bond donors (Lipinski definition) is 1. The largest absolute Gasteiger partial charge is 0.465 e. The molecular weight excluding hydrogens is 240 g/mol. The zero-order valence-electron chi connectivity index (χ0n) is 10.5. The standard InChI is InChI=1S/C15H14N2O2/c1-19-15(18)13-9-7-12(8-10-13)11-16-17-14-5-3-2-4-6-14/h2-11,17H,1H3/b16-11+. The number of para-hydroxylation sites is 1. The Labute approximate surface area is 111 Å². The molecule has 19 heavy (non-hydrogen) atoms. The third-order valence-corrected chi connectivity index (χ3v) is 2.51. The Morgan fingerprint density at radius 3 is 2.42 bits per heavy atom. The highest BCUT2D eigenvalue weighted by Crippen LogP contribution is 2.06. The fourth-order valence-electron chi connectivity index (χ4n) is 1.52. The lowest BCUT2D eigenvalue weighted by atomic mass is 10.1. The summed E-state index contributed by atoms with van der Waals surface area (Å²) >= 11 is 0. The molecule has 0 saturated carbocycles. The second-order valence-corrected chi connectivity index (χ2v) is 3.85. The highest BCUT2D eigenvalue weighted by molar-refractivity contribution is 5.90. The number of nitrogens with one attached hydrogen (secondary N) is 1. The molecule has 0 aliphatic heterocycles. The van der Waals surface area contributed by atoms with Crippen LogP contribution in [0.25, 0.3) is 0 Å². The molecule has 96 valence electrons. The van der Waals surface area contributed by atoms with Crippen LogP contribution in [0.5, 0.6) is 0 Å². The van der Waals surface area contributed by atoms with E-state index in [1.54, 1.807) is 18.3 Å². The van der Waals surface area contributed by atoms with Crippen LogP contribution in [0.1, 0.15) is 15.9 Å². The van der Waals surface area contributed by atoms with E-state index >= 15 is 0 Å². The quantitative estimate of drug-likeness (QED) is 0.518. The van der Waals surface area contributed by atoms with Crippen molar-refractivity contribution < 1.29 is 9.53 Å². The molecule has 0 heterocycles. The van der Waals surface area contributed by atoms with Crippen molar-refractivity contribution >= 4 is 17.9 Å². The van der Waals surface area contributed by atoms with Crippen LogP contribution < -0.4 is 5.43 Å². The van der Waals surface area contributed by atoms with Crippen molar-refractivity contribution in [3.05, 3.63) is 65.7 Å². The maximum Gasteiger partial charge on any atom is 0.337 e. The van der Waals surface area contributed by atoms with E-state index in [-0.39, 0.29) is 5.97 Å². The van der Waals surface area contributed by atoms with Gasteiger partial charge in [0, 0.05) is 0 Å². The average molecular weight is 254 g/mol. The first-order chi connectivity index (χ1) is 9.29. The van der Waals surface area contributed by atoms with Crippen LogP contribution in [0.3, 0.4) is 0 Å². The molecule has 0 bridgehead atoms. The van der Waals surface area contributed by atoms with Gasteiger partial charge >= 0.3 is 5.97 Å². The summed E-state index contributed by atoms with van der Waals surface area (Å²) in [5, 5.41) is 4.12. The molecule has 4 heteroatoms. The van der Waals surface area contributed by atoms with Crippen molar-refractivity contribution in [1.29, 1.82) is 0 Å². The number of anilines is 1. The molecule has 0 atom stereocenters. The van der Waals surface area contributed by atoms with Gasteiger partial charge in [0.25, 0.3) is 0 Å². The van der Waals surface area contributed by atoms with Crippen molar-refractivity contribution in [2.24, 2.45) is 5.10 Å². The van der Waals surface area contributed by atoms with E-state index in [4.69, 9.17) is 0 Å². The Morgan fingerprint density at radius 1 is 1.11 bits per heavy atom. The Balaban J connectivity index is 1.98. The normalized spacial score (nSPS) is 10.4. The van der Waals surface area contributed by atoms with Crippen molar-refractivity contribution in [1.82, 2.24) is 0 Å². The predicted molar refractivity (Wildman–Crippen MR) is 75.4 cm³/mol. The number of carbonyl (C=O) groups is 1. The number of ether oxygens (including phenoxy) is 1. The van der Waals surface area contributed by atoms with Crippen molar-refractivity contribution in [2.75, 3.05) is 12.5 Å². The summed E-state index contributed by atoms with van der Waals surface area (Å²) in [6, 6.07) is 16.7. The van der Waals surface area contributed by atoms with Gasteiger partial charge in [-0.3, -0.25) is 5.43 Å². The number of rotatable bonds is 4. The second kappa shape index (κ2) is 6.35. The lowest BCUT2D eigenvalue weighted by Gasteiger charge is -2.00. The lowest BCUT2D eigenvalue weighted by Crippen LogP contribution is -2.00. The van der Waals surface area contributed by atoms with E-state index in [9.17, 15) is 4.79 Å². The third-order valence-electron chi connectivity index (χ3n) is 2.51. The van der Waals surface area contributed by atoms with Crippen LogP contribution in [0.4, 0.5) is 5.69 Å². The van der Waals surface area contributed by atoms with Gasteiger partial charge in [0.15, 0.2) is 0 Å². The van der Waals surface area contributed by atoms with E-state index in [0.717, 1.165) is 11.3 Å².